The molecule has 2 N–H and O–H groups in total. The molecule has 0 radical (unpaired) electrons. The monoisotopic (exact) mass is 271 g/mol. The standard InChI is InChI=1S/C11H14ClN3O3/c1-18-11-6-13-5-10(11)14-9-3-2-7(15(16)17)4-8(9)12/h2-4,10-11,13-14H,5-6H2,1H3/t10?,11-/m0/s1. The first-order chi connectivity index (χ1) is 8.61. The van der Waals surface area contributed by atoms with E-state index in [9.17, 15) is 10.1 Å². The maximum atomic E-state index is 10.6. The third kappa shape index (κ3) is 2.72. The second kappa shape index (κ2) is 5.51. The lowest BCUT2D eigenvalue weighted by atomic mass is 10.2. The average Bonchev–Trinajstić information content (AvgIpc) is 2.78. The van der Waals surface area contributed by atoms with Crippen LogP contribution >= 0.6 is 11.6 Å². The Kier molecular flexibility index (Phi) is 4.00. The SMILES string of the molecule is CO[C@H]1CNCC1Nc1ccc([N+](=O)[O-])cc1Cl. The highest BCUT2D eigenvalue weighted by molar-refractivity contribution is 6.33. The Morgan fingerprint density at radius 1 is 1.56 bits per heavy atom. The molecular formula is C11H14ClN3O3. The molecule has 7 heteroatoms. The van der Waals surface area contributed by atoms with Crippen LogP contribution in [0.3, 0.4) is 0 Å². The summed E-state index contributed by atoms with van der Waals surface area (Å²) in [7, 11) is 1.66. The molecule has 2 rings (SSSR count). The van der Waals surface area contributed by atoms with Gasteiger partial charge in [-0.2, -0.15) is 0 Å². The molecule has 18 heavy (non-hydrogen) atoms. The van der Waals surface area contributed by atoms with Crippen LogP contribution < -0.4 is 10.6 Å². The molecule has 0 aliphatic carbocycles. The molecule has 1 aromatic carbocycles. The fourth-order valence-electron chi connectivity index (χ4n) is 1.98. The normalized spacial score (nSPS) is 23.0. The van der Waals surface area contributed by atoms with Gasteiger partial charge in [0.25, 0.3) is 5.69 Å². The van der Waals surface area contributed by atoms with Crippen LogP contribution in [0.5, 0.6) is 0 Å². The molecular weight excluding hydrogens is 258 g/mol. The third-order valence-electron chi connectivity index (χ3n) is 2.97. The van der Waals surface area contributed by atoms with Crippen molar-refractivity contribution in [2.45, 2.75) is 12.1 Å². The Bertz CT molecular complexity index is 455. The van der Waals surface area contributed by atoms with E-state index in [0.29, 0.717) is 10.7 Å². The van der Waals surface area contributed by atoms with Gasteiger partial charge in [-0.15, -0.1) is 0 Å². The van der Waals surface area contributed by atoms with Crippen molar-refractivity contribution in [1.82, 2.24) is 5.32 Å². The third-order valence-corrected chi connectivity index (χ3v) is 3.28. The average molecular weight is 272 g/mol. The highest BCUT2D eigenvalue weighted by Gasteiger charge is 2.27. The van der Waals surface area contributed by atoms with Gasteiger partial charge in [-0.3, -0.25) is 10.1 Å². The van der Waals surface area contributed by atoms with E-state index in [-0.39, 0.29) is 17.8 Å². The molecule has 1 aliphatic heterocycles. The van der Waals surface area contributed by atoms with Crippen LogP contribution in [-0.2, 0) is 4.74 Å². The molecule has 6 nitrogen and oxygen atoms in total. The van der Waals surface area contributed by atoms with Gasteiger partial charge in [0.2, 0.25) is 0 Å². The van der Waals surface area contributed by atoms with Crippen LogP contribution in [0.4, 0.5) is 11.4 Å². The number of methoxy groups -OCH3 is 1. The van der Waals surface area contributed by atoms with Gasteiger partial charge in [-0.1, -0.05) is 11.6 Å². The summed E-state index contributed by atoms with van der Waals surface area (Å²) in [6.07, 6.45) is 0.0660. The molecule has 0 saturated carbocycles. The minimum Gasteiger partial charge on any atom is -0.378 e. The Balaban J connectivity index is 2.12. The number of nitro groups is 1. The number of nitrogens with one attached hydrogen (secondary N) is 2. The number of non-ortho nitro benzene ring substituents is 1. The molecule has 1 saturated heterocycles. The Labute approximate surface area is 109 Å². The van der Waals surface area contributed by atoms with Crippen LogP contribution in [0.25, 0.3) is 0 Å². The van der Waals surface area contributed by atoms with E-state index in [4.69, 9.17) is 16.3 Å². The van der Waals surface area contributed by atoms with Gasteiger partial charge < -0.3 is 15.4 Å². The largest absolute Gasteiger partial charge is 0.378 e. The van der Waals surface area contributed by atoms with Crippen LogP contribution in [0.2, 0.25) is 5.02 Å². The van der Waals surface area contributed by atoms with E-state index in [1.807, 2.05) is 0 Å². The second-order valence-corrected chi connectivity index (χ2v) is 4.51. The van der Waals surface area contributed by atoms with Crippen molar-refractivity contribution >= 4 is 23.0 Å². The molecule has 1 aliphatic rings. The van der Waals surface area contributed by atoms with Gasteiger partial charge in [-0.25, -0.2) is 0 Å². The molecule has 1 heterocycles. The number of halogens is 1. The quantitative estimate of drug-likeness (QED) is 0.643. The van der Waals surface area contributed by atoms with Crippen molar-refractivity contribution in [2.75, 3.05) is 25.5 Å². The molecule has 0 spiro atoms. The number of anilines is 1. The van der Waals surface area contributed by atoms with Crippen LogP contribution in [-0.4, -0.2) is 37.3 Å². The fraction of sp³-hybridized carbons (Fsp3) is 0.455. The summed E-state index contributed by atoms with van der Waals surface area (Å²) >= 11 is 6.01. The summed E-state index contributed by atoms with van der Waals surface area (Å²) in [5.74, 6) is 0. The first-order valence-electron chi connectivity index (χ1n) is 5.56. The first-order valence-corrected chi connectivity index (χ1v) is 5.93. The molecule has 0 aromatic heterocycles. The zero-order valence-corrected chi connectivity index (χ0v) is 10.6. The maximum absolute atomic E-state index is 10.6. The van der Waals surface area contributed by atoms with Crippen LogP contribution in [0.1, 0.15) is 0 Å². The van der Waals surface area contributed by atoms with E-state index in [2.05, 4.69) is 10.6 Å². The summed E-state index contributed by atoms with van der Waals surface area (Å²) in [6.45, 7) is 1.55. The van der Waals surface area contributed by atoms with Crippen molar-refractivity contribution in [3.8, 4) is 0 Å². The number of hydrogen-bond acceptors (Lipinski definition) is 5. The van der Waals surface area contributed by atoms with Gasteiger partial charge >= 0.3 is 0 Å². The topological polar surface area (TPSA) is 76.4 Å². The summed E-state index contributed by atoms with van der Waals surface area (Å²) in [4.78, 5) is 10.1. The van der Waals surface area contributed by atoms with Crippen LogP contribution in [0.15, 0.2) is 18.2 Å². The van der Waals surface area contributed by atoms with Gasteiger partial charge in [0.1, 0.15) is 0 Å². The zero-order valence-electron chi connectivity index (χ0n) is 9.85. The van der Waals surface area contributed by atoms with Crippen molar-refractivity contribution < 1.29 is 9.66 Å². The van der Waals surface area contributed by atoms with E-state index in [0.717, 1.165) is 13.1 Å². The summed E-state index contributed by atoms with van der Waals surface area (Å²) in [6, 6.07) is 4.49. The summed E-state index contributed by atoms with van der Waals surface area (Å²) in [5.41, 5.74) is 0.663. The molecule has 0 amide bonds. The molecule has 0 bridgehead atoms. The van der Waals surface area contributed by atoms with Crippen LogP contribution in [0, 0.1) is 10.1 Å². The van der Waals surface area contributed by atoms with E-state index in [1.165, 1.54) is 12.1 Å². The van der Waals surface area contributed by atoms with Crippen molar-refractivity contribution in [3.05, 3.63) is 33.3 Å². The first kappa shape index (κ1) is 13.1. The molecule has 1 unspecified atom stereocenters. The lowest BCUT2D eigenvalue weighted by molar-refractivity contribution is -0.384. The van der Waals surface area contributed by atoms with Crippen molar-refractivity contribution in [1.29, 1.82) is 0 Å². The summed E-state index contributed by atoms with van der Waals surface area (Å²) in [5, 5.41) is 17.4. The highest BCUT2D eigenvalue weighted by Crippen LogP contribution is 2.27. The number of nitro benzene ring substituents is 1. The fourth-order valence-corrected chi connectivity index (χ4v) is 2.21. The van der Waals surface area contributed by atoms with E-state index >= 15 is 0 Å². The minimum absolute atomic E-state index is 0.0154. The smallest absolute Gasteiger partial charge is 0.271 e. The number of rotatable bonds is 4. The van der Waals surface area contributed by atoms with Gasteiger partial charge in [0.05, 0.1) is 27.8 Å². The zero-order chi connectivity index (χ0) is 13.1. The van der Waals surface area contributed by atoms with Gasteiger partial charge in [0.15, 0.2) is 0 Å². The van der Waals surface area contributed by atoms with Crippen molar-refractivity contribution in [2.24, 2.45) is 0 Å². The number of nitrogens with zero attached hydrogens (tertiary/aromatic N) is 1. The van der Waals surface area contributed by atoms with Gasteiger partial charge in [0, 0.05) is 32.3 Å². The van der Waals surface area contributed by atoms with E-state index in [1.54, 1.807) is 13.2 Å². The predicted molar refractivity (Wildman–Crippen MR) is 69.2 cm³/mol. The molecule has 98 valence electrons. The minimum atomic E-state index is -0.468. The highest BCUT2D eigenvalue weighted by atomic mass is 35.5. The molecule has 2 atom stereocenters. The van der Waals surface area contributed by atoms with Crippen molar-refractivity contribution in [3.63, 3.8) is 0 Å². The lowest BCUT2D eigenvalue weighted by Gasteiger charge is -2.20. The Hall–Kier alpha value is -1.37. The number of ether oxygens (including phenoxy) is 1. The predicted octanol–water partition coefficient (Wildman–Crippen LogP) is 1.65. The Morgan fingerprint density at radius 2 is 2.33 bits per heavy atom. The molecule has 1 aromatic rings. The number of hydrogen-bond donors (Lipinski definition) is 2. The summed E-state index contributed by atoms with van der Waals surface area (Å²) < 4.78 is 5.32. The maximum Gasteiger partial charge on any atom is 0.271 e. The Morgan fingerprint density at radius 3 is 2.94 bits per heavy atom. The molecule has 1 fully saturated rings. The number of benzene rings is 1. The van der Waals surface area contributed by atoms with Gasteiger partial charge in [-0.05, 0) is 6.07 Å². The second-order valence-electron chi connectivity index (χ2n) is 4.10. The van der Waals surface area contributed by atoms with E-state index < -0.39 is 4.92 Å². The lowest BCUT2D eigenvalue weighted by Crippen LogP contribution is -2.33.